The van der Waals surface area contributed by atoms with Crippen molar-refractivity contribution >= 4 is 5.97 Å². The van der Waals surface area contributed by atoms with E-state index in [9.17, 15) is 9.90 Å². The average Bonchev–Trinajstić information content (AvgIpc) is 3.04. The second kappa shape index (κ2) is 8.15. The minimum absolute atomic E-state index is 0.0566. The van der Waals surface area contributed by atoms with Crippen molar-refractivity contribution in [1.82, 2.24) is 0 Å². The summed E-state index contributed by atoms with van der Waals surface area (Å²) in [6.45, 7) is 6.53. The van der Waals surface area contributed by atoms with E-state index in [1.54, 1.807) is 6.92 Å². The van der Waals surface area contributed by atoms with Gasteiger partial charge in [0.1, 0.15) is 6.10 Å². The smallest absolute Gasteiger partial charge is 0.302 e. The SMILES string of the molecule is CC(=O)O[C@H]1CC[C@@]2(C)[C@@H](CC[C@H]3[C@H]2CC[C@]2(C)[C@@H]3CC[C@@]2(O)CCc2ccccc2)C1. The van der Waals surface area contributed by atoms with Crippen LogP contribution in [0.4, 0.5) is 0 Å². The molecule has 0 heterocycles. The number of benzene rings is 1. The van der Waals surface area contributed by atoms with Gasteiger partial charge in [0.05, 0.1) is 5.60 Å². The number of carbonyl (C=O) groups is 1. The van der Waals surface area contributed by atoms with Crippen LogP contribution in [0.25, 0.3) is 0 Å². The molecule has 0 saturated heterocycles. The fraction of sp³-hybridized carbons (Fsp3) is 0.759. The molecule has 1 N–H and O–H groups in total. The fourth-order valence-corrected chi connectivity index (χ4v) is 9.08. The molecule has 0 spiro atoms. The summed E-state index contributed by atoms with van der Waals surface area (Å²) in [5, 5.41) is 12.0. The van der Waals surface area contributed by atoms with Crippen molar-refractivity contribution in [2.75, 3.05) is 0 Å². The second-order valence-electron chi connectivity index (χ2n) is 12.2. The van der Waals surface area contributed by atoms with Crippen LogP contribution in [0, 0.1) is 34.5 Å². The van der Waals surface area contributed by atoms with Gasteiger partial charge in [-0.05, 0) is 111 Å². The minimum Gasteiger partial charge on any atom is -0.463 e. The molecule has 4 aliphatic carbocycles. The molecule has 0 aromatic heterocycles. The number of aryl methyl sites for hydroxylation is 1. The lowest BCUT2D eigenvalue weighted by Crippen LogP contribution is -2.57. The lowest BCUT2D eigenvalue weighted by Gasteiger charge is -2.61. The van der Waals surface area contributed by atoms with Crippen LogP contribution < -0.4 is 0 Å². The maximum absolute atomic E-state index is 12.0. The highest BCUT2D eigenvalue weighted by Gasteiger charge is 2.64. The Labute approximate surface area is 194 Å². The van der Waals surface area contributed by atoms with Crippen LogP contribution in [0.2, 0.25) is 0 Å². The summed E-state index contributed by atoms with van der Waals surface area (Å²) in [5.41, 5.74) is 1.26. The number of hydrogen-bond donors (Lipinski definition) is 1. The van der Waals surface area contributed by atoms with Crippen molar-refractivity contribution in [2.45, 2.75) is 103 Å². The van der Waals surface area contributed by atoms with Crippen molar-refractivity contribution in [3.63, 3.8) is 0 Å². The first-order chi connectivity index (χ1) is 15.3. The second-order valence-corrected chi connectivity index (χ2v) is 12.2. The van der Waals surface area contributed by atoms with Gasteiger partial charge >= 0.3 is 5.97 Å². The van der Waals surface area contributed by atoms with Gasteiger partial charge in [0.25, 0.3) is 0 Å². The Kier molecular flexibility index (Phi) is 5.72. The summed E-state index contributed by atoms with van der Waals surface area (Å²) in [6.07, 6.45) is 12.4. The molecular formula is C29H42O3. The first kappa shape index (κ1) is 22.4. The number of carbonyl (C=O) groups excluding carboxylic acids is 1. The predicted octanol–water partition coefficient (Wildman–Crippen LogP) is 6.32. The van der Waals surface area contributed by atoms with Gasteiger partial charge < -0.3 is 9.84 Å². The van der Waals surface area contributed by atoms with Crippen LogP contribution >= 0.6 is 0 Å². The van der Waals surface area contributed by atoms with Crippen molar-refractivity contribution in [3.05, 3.63) is 35.9 Å². The molecule has 4 fully saturated rings. The van der Waals surface area contributed by atoms with Crippen molar-refractivity contribution in [1.29, 1.82) is 0 Å². The van der Waals surface area contributed by atoms with E-state index in [4.69, 9.17) is 4.74 Å². The van der Waals surface area contributed by atoms with Gasteiger partial charge in [0.15, 0.2) is 0 Å². The summed E-state index contributed by atoms with van der Waals surface area (Å²) >= 11 is 0. The molecule has 8 atom stereocenters. The fourth-order valence-electron chi connectivity index (χ4n) is 9.08. The van der Waals surface area contributed by atoms with Crippen molar-refractivity contribution < 1.29 is 14.6 Å². The van der Waals surface area contributed by atoms with Gasteiger partial charge in [0.2, 0.25) is 0 Å². The zero-order valence-corrected chi connectivity index (χ0v) is 20.3. The molecule has 3 heteroatoms. The molecule has 0 radical (unpaired) electrons. The Bertz CT molecular complexity index is 836. The van der Waals surface area contributed by atoms with Gasteiger partial charge in [-0.2, -0.15) is 0 Å². The maximum Gasteiger partial charge on any atom is 0.302 e. The summed E-state index contributed by atoms with van der Waals surface area (Å²) in [5.74, 6) is 2.75. The molecule has 5 rings (SSSR count). The molecule has 1 aromatic carbocycles. The number of esters is 1. The van der Waals surface area contributed by atoms with E-state index in [2.05, 4.69) is 44.2 Å². The molecule has 0 unspecified atom stereocenters. The Balaban J connectivity index is 1.31. The first-order valence-corrected chi connectivity index (χ1v) is 13.2. The number of aliphatic hydroxyl groups is 1. The molecule has 0 amide bonds. The van der Waals surface area contributed by atoms with E-state index in [1.807, 2.05) is 0 Å². The number of fused-ring (bicyclic) bond motifs is 5. The van der Waals surface area contributed by atoms with Gasteiger partial charge in [-0.3, -0.25) is 4.79 Å². The number of rotatable bonds is 4. The van der Waals surface area contributed by atoms with Crippen LogP contribution in [-0.4, -0.2) is 22.8 Å². The Morgan fingerprint density at radius 2 is 1.75 bits per heavy atom. The highest BCUT2D eigenvalue weighted by atomic mass is 16.5. The highest BCUT2D eigenvalue weighted by molar-refractivity contribution is 5.66. The van der Waals surface area contributed by atoms with Crippen LogP contribution in [0.3, 0.4) is 0 Å². The Morgan fingerprint density at radius 1 is 1.00 bits per heavy atom. The summed E-state index contributed by atoms with van der Waals surface area (Å²) in [4.78, 5) is 11.5. The first-order valence-electron chi connectivity index (χ1n) is 13.2. The lowest BCUT2D eigenvalue weighted by molar-refractivity contribution is -0.170. The molecule has 176 valence electrons. The van der Waals surface area contributed by atoms with E-state index in [0.717, 1.165) is 43.9 Å². The third-order valence-corrected chi connectivity index (χ3v) is 10.9. The number of ether oxygens (including phenoxy) is 1. The molecule has 0 bridgehead atoms. The van der Waals surface area contributed by atoms with Crippen LogP contribution in [0.1, 0.15) is 90.5 Å². The van der Waals surface area contributed by atoms with E-state index < -0.39 is 5.60 Å². The molecule has 4 saturated carbocycles. The van der Waals surface area contributed by atoms with Gasteiger partial charge in [0, 0.05) is 6.92 Å². The third kappa shape index (κ3) is 3.54. The van der Waals surface area contributed by atoms with Gasteiger partial charge in [-0.15, -0.1) is 0 Å². The van der Waals surface area contributed by atoms with E-state index in [0.29, 0.717) is 17.3 Å². The van der Waals surface area contributed by atoms with Crippen molar-refractivity contribution in [3.8, 4) is 0 Å². The zero-order chi connectivity index (χ0) is 22.6. The molecule has 1 aromatic rings. The monoisotopic (exact) mass is 438 g/mol. The number of hydrogen-bond acceptors (Lipinski definition) is 3. The average molecular weight is 439 g/mol. The highest BCUT2D eigenvalue weighted by Crippen LogP contribution is 2.68. The quantitative estimate of drug-likeness (QED) is 0.559. The van der Waals surface area contributed by atoms with E-state index >= 15 is 0 Å². The lowest BCUT2D eigenvalue weighted by atomic mass is 9.44. The molecule has 32 heavy (non-hydrogen) atoms. The van der Waals surface area contributed by atoms with E-state index in [-0.39, 0.29) is 17.5 Å². The Hall–Kier alpha value is -1.35. The predicted molar refractivity (Wildman–Crippen MR) is 127 cm³/mol. The maximum atomic E-state index is 12.0. The third-order valence-electron chi connectivity index (χ3n) is 10.9. The molecule has 4 aliphatic rings. The minimum atomic E-state index is -0.525. The van der Waals surface area contributed by atoms with Gasteiger partial charge in [-0.25, -0.2) is 0 Å². The summed E-state index contributed by atoms with van der Waals surface area (Å²) < 4.78 is 5.63. The van der Waals surface area contributed by atoms with Crippen LogP contribution in [0.15, 0.2) is 30.3 Å². The summed E-state index contributed by atoms with van der Waals surface area (Å²) in [7, 11) is 0. The Morgan fingerprint density at radius 3 is 2.50 bits per heavy atom. The van der Waals surface area contributed by atoms with Crippen molar-refractivity contribution in [2.24, 2.45) is 34.5 Å². The van der Waals surface area contributed by atoms with Gasteiger partial charge in [-0.1, -0.05) is 44.2 Å². The topological polar surface area (TPSA) is 46.5 Å². The molecule has 0 aliphatic heterocycles. The van der Waals surface area contributed by atoms with Crippen LogP contribution in [0.5, 0.6) is 0 Å². The zero-order valence-electron chi connectivity index (χ0n) is 20.3. The largest absolute Gasteiger partial charge is 0.463 e. The van der Waals surface area contributed by atoms with E-state index in [1.165, 1.54) is 44.1 Å². The standard InChI is InChI=1S/C29H42O3/c1-20(30)32-23-12-15-27(2)22(19-23)9-10-24-25(27)13-16-28(3)26(24)14-18-29(28,31)17-11-21-7-5-4-6-8-21/h4-8,22-26,31H,9-19H2,1-3H3/t22-,23-,24-,25+,26+,27-,28+,29-/m0/s1. The molecular weight excluding hydrogens is 396 g/mol. The summed E-state index contributed by atoms with van der Waals surface area (Å²) in [6, 6.07) is 10.7. The normalized spacial score (nSPS) is 45.4. The van der Waals surface area contributed by atoms with Crippen LogP contribution in [-0.2, 0) is 16.0 Å². The molecule has 3 nitrogen and oxygen atoms in total.